The fraction of sp³-hybridized carbons (Fsp3) is 0.292. The molecule has 2 heterocycles. The third-order valence-corrected chi connectivity index (χ3v) is 7.35. The number of aromatic nitrogens is 1. The summed E-state index contributed by atoms with van der Waals surface area (Å²) in [6.07, 6.45) is 1.78. The average Bonchev–Trinajstić information content (AvgIpc) is 2.80. The van der Waals surface area contributed by atoms with Crippen LogP contribution >= 0.6 is 31.9 Å². The Morgan fingerprint density at radius 1 is 1.03 bits per heavy atom. The number of pyridine rings is 1. The zero-order valence-corrected chi connectivity index (χ0v) is 20.5. The summed E-state index contributed by atoms with van der Waals surface area (Å²) in [6.45, 7) is 1.17. The van der Waals surface area contributed by atoms with Gasteiger partial charge in [-0.15, -0.1) is 0 Å². The van der Waals surface area contributed by atoms with Crippen LogP contribution in [0, 0.1) is 0 Å². The van der Waals surface area contributed by atoms with Crippen molar-refractivity contribution in [3.05, 3.63) is 72.9 Å². The topological polar surface area (TPSA) is 96.3 Å². The normalized spacial score (nSPS) is 14.6. The highest BCUT2D eigenvalue weighted by Gasteiger charge is 2.26. The summed E-state index contributed by atoms with van der Waals surface area (Å²) < 4.78 is 1.29. The van der Waals surface area contributed by atoms with Gasteiger partial charge in [0.05, 0.1) is 5.69 Å². The Morgan fingerprint density at radius 3 is 2.38 bits per heavy atom. The van der Waals surface area contributed by atoms with Gasteiger partial charge in [0, 0.05) is 51.5 Å². The summed E-state index contributed by atoms with van der Waals surface area (Å²) in [5, 5.41) is 1.01. The Kier molecular flexibility index (Phi) is 6.81. The van der Waals surface area contributed by atoms with E-state index < -0.39 is 0 Å². The first-order valence-electron chi connectivity index (χ1n) is 10.5. The van der Waals surface area contributed by atoms with E-state index in [9.17, 15) is 14.4 Å². The van der Waals surface area contributed by atoms with Gasteiger partial charge in [0.25, 0.3) is 5.56 Å². The number of halogens is 2. The Morgan fingerprint density at radius 2 is 1.69 bits per heavy atom. The Hall–Kier alpha value is -2.45. The lowest BCUT2D eigenvalue weighted by molar-refractivity contribution is -0.132. The minimum atomic E-state index is -0.0997. The predicted octanol–water partition coefficient (Wildman–Crippen LogP) is 5.00. The number of nitrogens with one attached hydrogen (secondary N) is 1. The molecule has 1 amide bonds. The fourth-order valence-electron chi connectivity index (χ4n) is 4.18. The molecule has 0 unspecified atom stereocenters. The number of hydrogen-bond acceptors (Lipinski definition) is 4. The number of nitrogens with two attached hydrogens (primary N) is 1. The van der Waals surface area contributed by atoms with Crippen molar-refractivity contribution in [1.82, 2.24) is 9.88 Å². The number of nitrogen functional groups attached to an aromatic ring is 1. The van der Waals surface area contributed by atoms with Crippen molar-refractivity contribution < 1.29 is 9.59 Å². The van der Waals surface area contributed by atoms with Crippen LogP contribution in [0.2, 0.25) is 0 Å². The number of Topliss-reactive ketones (excluding diaryl/α,β-unsaturated/α-hetero) is 1. The van der Waals surface area contributed by atoms with Crippen LogP contribution in [0.25, 0.3) is 10.9 Å². The van der Waals surface area contributed by atoms with E-state index in [1.54, 1.807) is 17.0 Å². The number of carbonyl (C=O) groups excluding carboxylic acids is 2. The Labute approximate surface area is 202 Å². The molecule has 166 valence electrons. The number of piperidine rings is 1. The second-order valence-corrected chi connectivity index (χ2v) is 9.78. The maximum atomic E-state index is 12.7. The summed E-state index contributed by atoms with van der Waals surface area (Å²) in [6, 6.07) is 13.1. The molecule has 0 saturated carbocycles. The van der Waals surface area contributed by atoms with Gasteiger partial charge in [-0.2, -0.15) is 0 Å². The number of hydrogen-bond donors (Lipinski definition) is 2. The highest BCUT2D eigenvalue weighted by molar-refractivity contribution is 9.11. The van der Waals surface area contributed by atoms with E-state index in [1.165, 1.54) is 0 Å². The van der Waals surface area contributed by atoms with E-state index in [0.717, 1.165) is 29.3 Å². The number of benzene rings is 2. The maximum Gasteiger partial charge on any atom is 0.251 e. The quantitative estimate of drug-likeness (QED) is 0.339. The number of para-hydroxylation sites is 1. The highest BCUT2D eigenvalue weighted by Crippen LogP contribution is 2.31. The minimum Gasteiger partial charge on any atom is -0.397 e. The number of nitrogens with zero attached hydrogens (tertiary/aromatic N) is 1. The van der Waals surface area contributed by atoms with E-state index >= 15 is 0 Å². The number of rotatable bonds is 5. The molecule has 32 heavy (non-hydrogen) atoms. The molecule has 6 nitrogen and oxygen atoms in total. The largest absolute Gasteiger partial charge is 0.397 e. The molecule has 8 heteroatoms. The maximum absolute atomic E-state index is 12.7. The van der Waals surface area contributed by atoms with Crippen LogP contribution in [0.15, 0.2) is 56.2 Å². The van der Waals surface area contributed by atoms with Gasteiger partial charge in [-0.05, 0) is 80.3 Å². The van der Waals surface area contributed by atoms with Crippen LogP contribution in [0.4, 0.5) is 5.69 Å². The molecule has 3 aromatic rings. The minimum absolute atomic E-state index is 0.0298. The van der Waals surface area contributed by atoms with Crippen molar-refractivity contribution in [2.75, 3.05) is 18.8 Å². The van der Waals surface area contributed by atoms with E-state index in [4.69, 9.17) is 5.73 Å². The molecule has 0 bridgehead atoms. The number of anilines is 1. The molecule has 1 saturated heterocycles. The van der Waals surface area contributed by atoms with Crippen LogP contribution in [0.3, 0.4) is 0 Å². The van der Waals surface area contributed by atoms with Gasteiger partial charge >= 0.3 is 0 Å². The van der Waals surface area contributed by atoms with Crippen molar-refractivity contribution in [1.29, 1.82) is 0 Å². The fourth-order valence-corrected chi connectivity index (χ4v) is 5.36. The molecular weight excluding hydrogens is 538 g/mol. The van der Waals surface area contributed by atoms with Gasteiger partial charge in [-0.1, -0.05) is 18.2 Å². The van der Waals surface area contributed by atoms with Gasteiger partial charge in [0.1, 0.15) is 0 Å². The van der Waals surface area contributed by atoms with Crippen molar-refractivity contribution >= 4 is 60.1 Å². The Balaban J connectivity index is 1.34. The molecule has 1 aromatic heterocycles. The van der Waals surface area contributed by atoms with Crippen LogP contribution in [-0.2, 0) is 4.79 Å². The van der Waals surface area contributed by atoms with Gasteiger partial charge < -0.3 is 15.6 Å². The summed E-state index contributed by atoms with van der Waals surface area (Å²) in [4.78, 5) is 42.5. The highest BCUT2D eigenvalue weighted by atomic mass is 79.9. The monoisotopic (exact) mass is 559 g/mol. The lowest BCUT2D eigenvalue weighted by atomic mass is 9.89. The third-order valence-electron chi connectivity index (χ3n) is 6.04. The Bertz CT molecular complexity index is 1220. The van der Waals surface area contributed by atoms with Gasteiger partial charge in [-0.25, -0.2) is 0 Å². The third kappa shape index (κ3) is 4.81. The number of aromatic amines is 1. The summed E-state index contributed by atoms with van der Waals surface area (Å²) in [5.41, 5.74) is 8.48. The standard InChI is InChI=1S/C24H23Br2N3O3/c25-18-12-16(13-19(26)23(18)27)21(30)5-6-22(31)29-9-7-14(8-10-29)17-11-15-3-1-2-4-20(15)28-24(17)32/h1-4,11-14H,5-10,27H2,(H,28,32). The molecule has 0 radical (unpaired) electrons. The van der Waals surface area contributed by atoms with E-state index in [1.807, 2.05) is 30.3 Å². The van der Waals surface area contributed by atoms with E-state index in [0.29, 0.717) is 33.3 Å². The molecule has 0 spiro atoms. The van der Waals surface area contributed by atoms with Crippen LogP contribution < -0.4 is 11.3 Å². The van der Waals surface area contributed by atoms with Crippen LogP contribution in [-0.4, -0.2) is 34.7 Å². The molecule has 1 aliphatic heterocycles. The van der Waals surface area contributed by atoms with Crippen LogP contribution in [0.1, 0.15) is 47.5 Å². The molecule has 1 fully saturated rings. The van der Waals surface area contributed by atoms with Gasteiger partial charge in [0.2, 0.25) is 5.91 Å². The van der Waals surface area contributed by atoms with E-state index in [2.05, 4.69) is 36.8 Å². The summed E-state index contributed by atoms with van der Waals surface area (Å²) in [5.74, 6) is -0.00588. The van der Waals surface area contributed by atoms with Crippen molar-refractivity contribution in [2.45, 2.75) is 31.6 Å². The number of H-pyrrole nitrogens is 1. The molecule has 0 atom stereocenters. The molecule has 3 N–H and O–H groups in total. The first-order valence-corrected chi connectivity index (χ1v) is 12.1. The first-order chi connectivity index (χ1) is 15.3. The van der Waals surface area contributed by atoms with Crippen LogP contribution in [0.5, 0.6) is 0 Å². The first kappa shape index (κ1) is 22.7. The summed E-state index contributed by atoms with van der Waals surface area (Å²) in [7, 11) is 0. The second kappa shape index (κ2) is 9.58. The number of fused-ring (bicyclic) bond motifs is 1. The van der Waals surface area contributed by atoms with Gasteiger partial charge in [0.15, 0.2) is 5.78 Å². The average molecular weight is 561 g/mol. The number of likely N-dealkylation sites (tertiary alicyclic amines) is 1. The molecule has 2 aromatic carbocycles. The smallest absolute Gasteiger partial charge is 0.251 e. The number of carbonyl (C=O) groups is 2. The van der Waals surface area contributed by atoms with Crippen molar-refractivity contribution in [3.63, 3.8) is 0 Å². The van der Waals surface area contributed by atoms with Gasteiger partial charge in [-0.3, -0.25) is 14.4 Å². The molecular formula is C24H23Br2N3O3. The second-order valence-electron chi connectivity index (χ2n) is 8.07. The van der Waals surface area contributed by atoms with Crippen molar-refractivity contribution in [2.24, 2.45) is 0 Å². The zero-order chi connectivity index (χ0) is 22.8. The number of ketones is 1. The number of amides is 1. The summed E-state index contributed by atoms with van der Waals surface area (Å²) >= 11 is 6.69. The lowest BCUT2D eigenvalue weighted by Crippen LogP contribution is -2.38. The van der Waals surface area contributed by atoms with E-state index in [-0.39, 0.29) is 36.0 Å². The molecule has 0 aliphatic carbocycles. The molecule has 1 aliphatic rings. The molecule has 4 rings (SSSR count). The predicted molar refractivity (Wildman–Crippen MR) is 133 cm³/mol. The SMILES string of the molecule is Nc1c(Br)cc(C(=O)CCC(=O)N2CCC(c3cc4ccccc4[nH]c3=O)CC2)cc1Br. The van der Waals surface area contributed by atoms with Crippen molar-refractivity contribution in [3.8, 4) is 0 Å². The zero-order valence-electron chi connectivity index (χ0n) is 17.4. The lowest BCUT2D eigenvalue weighted by Gasteiger charge is -2.32.